The lowest BCUT2D eigenvalue weighted by molar-refractivity contribution is 0.101. The highest BCUT2D eigenvalue weighted by Gasteiger charge is 2.08. The van der Waals surface area contributed by atoms with Gasteiger partial charge >= 0.3 is 0 Å². The third-order valence-corrected chi connectivity index (χ3v) is 3.50. The second-order valence-corrected chi connectivity index (χ2v) is 5.58. The number of carbonyl (C=O) groups is 1. The van der Waals surface area contributed by atoms with Crippen LogP contribution >= 0.6 is 0 Å². The van der Waals surface area contributed by atoms with Crippen LogP contribution in [0, 0.1) is 6.92 Å². The molecule has 0 fully saturated rings. The number of anilines is 1. The lowest BCUT2D eigenvalue weighted by Gasteiger charge is -2.13. The summed E-state index contributed by atoms with van der Waals surface area (Å²) in [5.74, 6) is 1.85. The van der Waals surface area contributed by atoms with Crippen LogP contribution in [0.4, 0.5) is 5.69 Å². The molecule has 0 atom stereocenters. The number of nitrogens with two attached hydrogens (primary N) is 1. The van der Waals surface area contributed by atoms with Crippen molar-refractivity contribution in [3.05, 3.63) is 53.1 Å². The topological polar surface area (TPSA) is 52.3 Å². The van der Waals surface area contributed by atoms with Crippen LogP contribution in [0.15, 0.2) is 36.4 Å². The normalized spacial score (nSPS) is 10.7. The van der Waals surface area contributed by atoms with Gasteiger partial charge in [-0.15, -0.1) is 0 Å². The van der Waals surface area contributed by atoms with Crippen molar-refractivity contribution in [3.63, 3.8) is 0 Å². The van der Waals surface area contributed by atoms with Crippen molar-refractivity contribution in [1.29, 1.82) is 0 Å². The van der Waals surface area contributed by atoms with Crippen LogP contribution in [0.3, 0.4) is 0 Å². The molecule has 2 aromatic rings. The summed E-state index contributed by atoms with van der Waals surface area (Å²) in [6.07, 6.45) is 0. The molecule has 3 nitrogen and oxygen atoms in total. The van der Waals surface area contributed by atoms with E-state index < -0.39 is 0 Å². The quantitative estimate of drug-likeness (QED) is 0.654. The number of rotatable bonds is 4. The first-order valence-electron chi connectivity index (χ1n) is 7.07. The first-order valence-corrected chi connectivity index (χ1v) is 7.07. The highest BCUT2D eigenvalue weighted by atomic mass is 16.5. The van der Waals surface area contributed by atoms with Gasteiger partial charge in [-0.2, -0.15) is 0 Å². The van der Waals surface area contributed by atoms with Crippen LogP contribution in [-0.4, -0.2) is 5.78 Å². The van der Waals surface area contributed by atoms with E-state index in [1.807, 2.05) is 12.1 Å². The number of benzene rings is 2. The van der Waals surface area contributed by atoms with Gasteiger partial charge in [0.15, 0.2) is 5.78 Å². The van der Waals surface area contributed by atoms with Crippen LogP contribution in [0.1, 0.15) is 48.2 Å². The third-order valence-electron chi connectivity index (χ3n) is 3.50. The van der Waals surface area contributed by atoms with Gasteiger partial charge in [0.1, 0.15) is 11.5 Å². The van der Waals surface area contributed by atoms with Gasteiger partial charge in [-0.25, -0.2) is 0 Å². The molecule has 0 unspecified atom stereocenters. The summed E-state index contributed by atoms with van der Waals surface area (Å²) in [6, 6.07) is 11.2. The van der Waals surface area contributed by atoms with Crippen molar-refractivity contribution >= 4 is 11.5 Å². The molecule has 0 heterocycles. The minimum atomic E-state index is -0.0452. The van der Waals surface area contributed by atoms with E-state index in [0.29, 0.717) is 22.9 Å². The van der Waals surface area contributed by atoms with E-state index >= 15 is 0 Å². The molecule has 0 radical (unpaired) electrons. The van der Waals surface area contributed by atoms with E-state index in [9.17, 15) is 4.79 Å². The monoisotopic (exact) mass is 283 g/mol. The van der Waals surface area contributed by atoms with E-state index in [0.717, 1.165) is 5.75 Å². The van der Waals surface area contributed by atoms with Gasteiger partial charge in [0.25, 0.3) is 0 Å². The van der Waals surface area contributed by atoms with E-state index in [1.54, 1.807) is 18.2 Å². The second kappa shape index (κ2) is 6.00. The molecule has 2 aromatic carbocycles. The Kier molecular flexibility index (Phi) is 4.32. The summed E-state index contributed by atoms with van der Waals surface area (Å²) < 4.78 is 5.82. The smallest absolute Gasteiger partial charge is 0.161 e. The zero-order chi connectivity index (χ0) is 15.6. The fraction of sp³-hybridized carbons (Fsp3) is 0.278. The summed E-state index contributed by atoms with van der Waals surface area (Å²) >= 11 is 0. The molecule has 21 heavy (non-hydrogen) atoms. The largest absolute Gasteiger partial charge is 0.457 e. The van der Waals surface area contributed by atoms with Crippen molar-refractivity contribution in [2.24, 2.45) is 0 Å². The molecule has 0 aliphatic carbocycles. The molecule has 0 aliphatic heterocycles. The first-order chi connectivity index (χ1) is 9.88. The molecule has 0 bridgehead atoms. The molecule has 0 aromatic heterocycles. The fourth-order valence-electron chi connectivity index (χ4n) is 2.42. The first kappa shape index (κ1) is 15.1. The Hall–Kier alpha value is -2.29. The van der Waals surface area contributed by atoms with E-state index in [4.69, 9.17) is 10.5 Å². The molecular weight excluding hydrogens is 262 g/mol. The lowest BCUT2D eigenvalue weighted by atomic mass is 9.98. The summed E-state index contributed by atoms with van der Waals surface area (Å²) in [7, 11) is 0. The van der Waals surface area contributed by atoms with E-state index in [1.165, 1.54) is 18.1 Å². The summed E-state index contributed by atoms with van der Waals surface area (Å²) in [5, 5.41) is 0. The van der Waals surface area contributed by atoms with Crippen molar-refractivity contribution in [2.75, 3.05) is 5.73 Å². The molecule has 3 heteroatoms. The summed E-state index contributed by atoms with van der Waals surface area (Å²) in [4.78, 5) is 11.4. The number of Topliss-reactive ketones (excluding diaryl/α,β-unsaturated/α-hetero) is 1. The minimum Gasteiger partial charge on any atom is -0.457 e. The van der Waals surface area contributed by atoms with Gasteiger partial charge in [0.2, 0.25) is 0 Å². The number of hydrogen-bond acceptors (Lipinski definition) is 3. The Morgan fingerprint density at radius 3 is 2.24 bits per heavy atom. The van der Waals surface area contributed by atoms with Gasteiger partial charge in [0.05, 0.1) is 0 Å². The Balaban J connectivity index is 2.24. The van der Waals surface area contributed by atoms with Gasteiger partial charge in [-0.05, 0) is 55.2 Å². The lowest BCUT2D eigenvalue weighted by Crippen LogP contribution is -1.99. The van der Waals surface area contributed by atoms with E-state index in [-0.39, 0.29) is 5.78 Å². The maximum Gasteiger partial charge on any atom is 0.161 e. The maximum absolute atomic E-state index is 11.4. The average molecular weight is 283 g/mol. The number of ketones is 1. The Morgan fingerprint density at radius 1 is 1.10 bits per heavy atom. The minimum absolute atomic E-state index is 0.0452. The predicted octanol–water partition coefficient (Wildman–Crippen LogP) is 4.70. The van der Waals surface area contributed by atoms with Crippen molar-refractivity contribution < 1.29 is 9.53 Å². The van der Waals surface area contributed by atoms with Crippen LogP contribution < -0.4 is 10.5 Å². The Bertz CT molecular complexity index is 675. The number of carbonyl (C=O) groups excluding carboxylic acids is 1. The zero-order valence-corrected chi connectivity index (χ0v) is 12.9. The molecule has 0 spiro atoms. The molecule has 0 aliphatic rings. The number of ether oxygens (including phenoxy) is 1. The molecule has 0 saturated heterocycles. The number of nitrogen functional groups attached to an aromatic ring is 1. The van der Waals surface area contributed by atoms with Crippen molar-refractivity contribution in [2.45, 2.75) is 33.6 Å². The van der Waals surface area contributed by atoms with Gasteiger partial charge in [0, 0.05) is 17.3 Å². The second-order valence-electron chi connectivity index (χ2n) is 5.58. The molecule has 110 valence electrons. The fourth-order valence-corrected chi connectivity index (χ4v) is 2.42. The Morgan fingerprint density at radius 2 is 1.71 bits per heavy atom. The van der Waals surface area contributed by atoms with E-state index in [2.05, 4.69) is 26.8 Å². The van der Waals surface area contributed by atoms with Crippen LogP contribution in [0.25, 0.3) is 0 Å². The van der Waals surface area contributed by atoms with Crippen LogP contribution in [0.2, 0.25) is 0 Å². The van der Waals surface area contributed by atoms with Gasteiger partial charge < -0.3 is 10.5 Å². The molecule has 2 rings (SSSR count). The molecule has 2 N–H and O–H groups in total. The molecule has 0 amide bonds. The standard InChI is InChI=1S/C18H21NO2/c1-11(2)16-7-5-14(9-12(16)3)21-15-6-8-17(13(4)20)18(19)10-15/h5-11H,19H2,1-4H3. The zero-order valence-electron chi connectivity index (χ0n) is 12.9. The average Bonchev–Trinajstić information content (AvgIpc) is 2.37. The van der Waals surface area contributed by atoms with Gasteiger partial charge in [-0.3, -0.25) is 4.79 Å². The number of hydrogen-bond donors (Lipinski definition) is 1. The van der Waals surface area contributed by atoms with Gasteiger partial charge in [-0.1, -0.05) is 19.9 Å². The predicted molar refractivity (Wildman–Crippen MR) is 86.2 cm³/mol. The SMILES string of the molecule is CC(=O)c1ccc(Oc2ccc(C(C)C)c(C)c2)cc1N. The number of aryl methyl sites for hydroxylation is 1. The summed E-state index contributed by atoms with van der Waals surface area (Å²) in [6.45, 7) is 7.92. The molecular formula is C18H21NO2. The maximum atomic E-state index is 11.4. The highest BCUT2D eigenvalue weighted by Crippen LogP contribution is 2.29. The third kappa shape index (κ3) is 3.43. The van der Waals surface area contributed by atoms with Crippen LogP contribution in [-0.2, 0) is 0 Å². The van der Waals surface area contributed by atoms with Crippen molar-refractivity contribution in [1.82, 2.24) is 0 Å². The Labute approximate surface area is 125 Å². The summed E-state index contributed by atoms with van der Waals surface area (Å²) in [5.41, 5.74) is 9.35. The molecule has 0 saturated carbocycles. The van der Waals surface area contributed by atoms with Crippen LogP contribution in [0.5, 0.6) is 11.5 Å². The highest BCUT2D eigenvalue weighted by molar-refractivity contribution is 5.99. The van der Waals surface area contributed by atoms with Crippen molar-refractivity contribution in [3.8, 4) is 11.5 Å².